The number of rotatable bonds is 6. The molecular weight excluding hydrogens is 334 g/mol. The minimum atomic E-state index is -0.467. The van der Waals surface area contributed by atoms with Crippen molar-refractivity contribution < 1.29 is 14.5 Å². The first-order chi connectivity index (χ1) is 11.0. The van der Waals surface area contributed by atoms with Crippen LogP contribution >= 0.6 is 12.4 Å². The Bertz CT molecular complexity index is 583. The predicted molar refractivity (Wildman–Crippen MR) is 93.8 cm³/mol. The molecule has 24 heavy (non-hydrogen) atoms. The Morgan fingerprint density at radius 2 is 2.08 bits per heavy atom. The second-order valence-corrected chi connectivity index (χ2v) is 6.07. The van der Waals surface area contributed by atoms with E-state index in [0.717, 1.165) is 25.9 Å². The van der Waals surface area contributed by atoms with E-state index >= 15 is 0 Å². The minimum Gasteiger partial charge on any atom is -0.384 e. The van der Waals surface area contributed by atoms with E-state index in [9.17, 15) is 14.9 Å². The first-order valence-corrected chi connectivity index (χ1v) is 7.71. The van der Waals surface area contributed by atoms with Gasteiger partial charge >= 0.3 is 0 Å². The number of nitrogens with zero attached hydrogens (tertiary/aromatic N) is 1. The molecule has 7 nitrogen and oxygen atoms in total. The molecule has 0 aromatic heterocycles. The first kappa shape index (κ1) is 20.3. The van der Waals surface area contributed by atoms with Gasteiger partial charge in [-0.1, -0.05) is 6.07 Å². The molecule has 0 atom stereocenters. The fourth-order valence-corrected chi connectivity index (χ4v) is 3.07. The van der Waals surface area contributed by atoms with Crippen LogP contribution in [0.5, 0.6) is 0 Å². The second-order valence-electron chi connectivity index (χ2n) is 6.07. The van der Waals surface area contributed by atoms with Gasteiger partial charge in [0.05, 0.1) is 11.5 Å². The molecule has 1 aromatic rings. The SMILES string of the molecule is COCC1(CNC(=O)c2cccc([N+](=O)[O-])c2C)CCNCC1.Cl. The Morgan fingerprint density at radius 3 is 2.67 bits per heavy atom. The summed E-state index contributed by atoms with van der Waals surface area (Å²) in [6, 6.07) is 4.56. The van der Waals surface area contributed by atoms with Gasteiger partial charge in [-0.05, 0) is 38.9 Å². The molecule has 0 unspecified atom stereocenters. The number of halogens is 1. The number of nitro groups is 1. The highest BCUT2D eigenvalue weighted by Crippen LogP contribution is 2.28. The van der Waals surface area contributed by atoms with E-state index < -0.39 is 4.92 Å². The molecule has 134 valence electrons. The van der Waals surface area contributed by atoms with E-state index in [0.29, 0.717) is 24.3 Å². The summed E-state index contributed by atoms with van der Waals surface area (Å²) < 4.78 is 5.33. The summed E-state index contributed by atoms with van der Waals surface area (Å²) in [5.74, 6) is -0.278. The number of methoxy groups -OCH3 is 1. The van der Waals surface area contributed by atoms with Crippen molar-refractivity contribution in [1.29, 1.82) is 0 Å². The number of nitro benzene ring substituents is 1. The number of benzene rings is 1. The van der Waals surface area contributed by atoms with Crippen LogP contribution in [-0.2, 0) is 4.74 Å². The van der Waals surface area contributed by atoms with Crippen LogP contribution < -0.4 is 10.6 Å². The predicted octanol–water partition coefficient (Wildman–Crippen LogP) is 2.07. The summed E-state index contributed by atoms with van der Waals surface area (Å²) in [5.41, 5.74) is 0.623. The van der Waals surface area contributed by atoms with Crippen molar-refractivity contribution in [2.75, 3.05) is 33.4 Å². The molecule has 2 N–H and O–H groups in total. The number of piperidine rings is 1. The summed E-state index contributed by atoms with van der Waals surface area (Å²) in [6.45, 7) is 4.49. The van der Waals surface area contributed by atoms with Gasteiger partial charge in [-0.3, -0.25) is 14.9 Å². The zero-order valence-electron chi connectivity index (χ0n) is 14.0. The van der Waals surface area contributed by atoms with Crippen molar-refractivity contribution in [3.8, 4) is 0 Å². The zero-order valence-corrected chi connectivity index (χ0v) is 14.8. The Balaban J connectivity index is 0.00000288. The molecule has 1 aliphatic heterocycles. The van der Waals surface area contributed by atoms with Gasteiger partial charge in [-0.15, -0.1) is 12.4 Å². The molecule has 1 heterocycles. The monoisotopic (exact) mass is 357 g/mol. The second kappa shape index (κ2) is 8.96. The molecule has 1 aliphatic rings. The third kappa shape index (κ3) is 4.66. The highest BCUT2D eigenvalue weighted by Gasteiger charge is 2.32. The van der Waals surface area contributed by atoms with E-state index in [2.05, 4.69) is 10.6 Å². The Morgan fingerprint density at radius 1 is 1.42 bits per heavy atom. The normalized spacial score (nSPS) is 16.1. The summed E-state index contributed by atoms with van der Waals surface area (Å²) in [7, 11) is 1.66. The number of carbonyl (C=O) groups excluding carboxylic acids is 1. The molecule has 1 amide bonds. The Labute approximate surface area is 147 Å². The van der Waals surface area contributed by atoms with Gasteiger partial charge in [0.2, 0.25) is 0 Å². The van der Waals surface area contributed by atoms with Crippen molar-refractivity contribution in [1.82, 2.24) is 10.6 Å². The van der Waals surface area contributed by atoms with Crippen molar-refractivity contribution in [3.63, 3.8) is 0 Å². The highest BCUT2D eigenvalue weighted by atomic mass is 35.5. The average molecular weight is 358 g/mol. The van der Waals surface area contributed by atoms with Gasteiger partial charge in [0.1, 0.15) is 0 Å². The number of hydrogen-bond acceptors (Lipinski definition) is 5. The van der Waals surface area contributed by atoms with Crippen LogP contribution in [0, 0.1) is 22.5 Å². The maximum atomic E-state index is 12.4. The van der Waals surface area contributed by atoms with E-state index in [4.69, 9.17) is 4.74 Å². The maximum absolute atomic E-state index is 12.4. The topological polar surface area (TPSA) is 93.5 Å². The van der Waals surface area contributed by atoms with Crippen molar-refractivity contribution >= 4 is 24.0 Å². The zero-order chi connectivity index (χ0) is 16.9. The molecule has 0 spiro atoms. The van der Waals surface area contributed by atoms with Crippen molar-refractivity contribution in [2.45, 2.75) is 19.8 Å². The number of ether oxygens (including phenoxy) is 1. The summed E-state index contributed by atoms with van der Waals surface area (Å²) >= 11 is 0. The molecular formula is C16H24ClN3O4. The largest absolute Gasteiger partial charge is 0.384 e. The smallest absolute Gasteiger partial charge is 0.273 e. The molecule has 1 fully saturated rings. The van der Waals surface area contributed by atoms with Crippen molar-refractivity contribution in [3.05, 3.63) is 39.4 Å². The standard InChI is InChI=1S/C16H23N3O4.ClH/c1-12-13(4-3-5-14(12)19(21)22)15(20)18-10-16(11-23-2)6-8-17-9-7-16;/h3-5,17H,6-11H2,1-2H3,(H,18,20);1H. The third-order valence-electron chi connectivity index (χ3n) is 4.49. The average Bonchev–Trinajstić information content (AvgIpc) is 2.54. The Kier molecular flexibility index (Phi) is 7.59. The molecule has 0 saturated carbocycles. The lowest BCUT2D eigenvalue weighted by atomic mass is 9.79. The molecule has 0 radical (unpaired) electrons. The molecule has 1 aromatic carbocycles. The van der Waals surface area contributed by atoms with Gasteiger partial charge in [0.15, 0.2) is 0 Å². The van der Waals surface area contributed by atoms with Gasteiger partial charge in [0.25, 0.3) is 11.6 Å². The molecule has 1 saturated heterocycles. The summed E-state index contributed by atoms with van der Waals surface area (Å²) in [5, 5.41) is 17.2. The van der Waals surface area contributed by atoms with E-state index in [1.54, 1.807) is 20.1 Å². The molecule has 8 heteroatoms. The maximum Gasteiger partial charge on any atom is 0.273 e. The first-order valence-electron chi connectivity index (χ1n) is 7.71. The molecule has 2 rings (SSSR count). The molecule has 0 bridgehead atoms. The lowest BCUT2D eigenvalue weighted by Crippen LogP contribution is -2.47. The van der Waals surface area contributed by atoms with E-state index in [1.165, 1.54) is 12.1 Å². The summed E-state index contributed by atoms with van der Waals surface area (Å²) in [4.78, 5) is 23.0. The Hall–Kier alpha value is -1.70. The van der Waals surface area contributed by atoms with Crippen LogP contribution in [0.2, 0.25) is 0 Å². The van der Waals surface area contributed by atoms with Crippen LogP contribution in [0.15, 0.2) is 18.2 Å². The van der Waals surface area contributed by atoms with Gasteiger partial charge in [-0.2, -0.15) is 0 Å². The minimum absolute atomic E-state index is 0. The van der Waals surface area contributed by atoms with Crippen LogP contribution in [0.25, 0.3) is 0 Å². The number of hydrogen-bond donors (Lipinski definition) is 2. The van der Waals surface area contributed by atoms with Gasteiger partial charge in [0, 0.05) is 36.3 Å². The highest BCUT2D eigenvalue weighted by molar-refractivity contribution is 5.96. The fourth-order valence-electron chi connectivity index (χ4n) is 3.07. The van der Waals surface area contributed by atoms with Crippen LogP contribution in [0.4, 0.5) is 5.69 Å². The fraction of sp³-hybridized carbons (Fsp3) is 0.562. The quantitative estimate of drug-likeness (QED) is 0.600. The number of nitrogens with one attached hydrogen (secondary N) is 2. The lowest BCUT2D eigenvalue weighted by molar-refractivity contribution is -0.385. The summed E-state index contributed by atoms with van der Waals surface area (Å²) in [6.07, 6.45) is 1.85. The van der Waals surface area contributed by atoms with Crippen molar-refractivity contribution in [2.24, 2.45) is 5.41 Å². The van der Waals surface area contributed by atoms with Crippen LogP contribution in [0.3, 0.4) is 0 Å². The third-order valence-corrected chi connectivity index (χ3v) is 4.49. The van der Waals surface area contributed by atoms with Gasteiger partial charge < -0.3 is 15.4 Å². The van der Waals surface area contributed by atoms with Gasteiger partial charge in [-0.25, -0.2) is 0 Å². The van der Waals surface area contributed by atoms with Crippen LogP contribution in [-0.4, -0.2) is 44.2 Å². The molecule has 0 aliphatic carbocycles. The van der Waals surface area contributed by atoms with Crippen LogP contribution in [0.1, 0.15) is 28.8 Å². The number of carbonyl (C=O) groups is 1. The lowest BCUT2D eigenvalue weighted by Gasteiger charge is -2.37. The van der Waals surface area contributed by atoms with E-state index in [1.807, 2.05) is 0 Å². The van der Waals surface area contributed by atoms with E-state index in [-0.39, 0.29) is 29.4 Å². The number of amides is 1.